The second-order valence-electron chi connectivity index (χ2n) is 3.31. The molecule has 0 aliphatic heterocycles. The average molecular weight is 222 g/mol. The largest absolute Gasteiger partial charge is 0.496 e. The van der Waals surface area contributed by atoms with Gasteiger partial charge < -0.3 is 15.4 Å². The number of nitrogens with one attached hydrogen (secondary N) is 2. The highest BCUT2D eigenvalue weighted by Crippen LogP contribution is 2.16. The van der Waals surface area contributed by atoms with Crippen molar-refractivity contribution in [2.24, 2.45) is 0 Å². The Kier molecular flexibility index (Phi) is 5.36. The molecular weight excluding hydrogens is 204 g/mol. The number of amides is 1. The maximum Gasteiger partial charge on any atom is 0.255 e. The van der Waals surface area contributed by atoms with Gasteiger partial charge in [0.2, 0.25) is 0 Å². The van der Waals surface area contributed by atoms with Gasteiger partial charge in [-0.3, -0.25) is 4.79 Å². The lowest BCUT2D eigenvalue weighted by molar-refractivity contribution is 0.0951. The molecule has 0 saturated heterocycles. The van der Waals surface area contributed by atoms with Crippen LogP contribution in [0.15, 0.2) is 24.3 Å². The van der Waals surface area contributed by atoms with Crippen LogP contribution in [0.3, 0.4) is 0 Å². The smallest absolute Gasteiger partial charge is 0.255 e. The summed E-state index contributed by atoms with van der Waals surface area (Å²) < 4.78 is 5.12. The third-order valence-corrected chi connectivity index (χ3v) is 2.19. The fourth-order valence-corrected chi connectivity index (χ4v) is 1.37. The van der Waals surface area contributed by atoms with Crippen LogP contribution in [0.5, 0.6) is 5.75 Å². The third kappa shape index (κ3) is 3.55. The first-order chi connectivity index (χ1) is 7.79. The molecule has 1 amide bonds. The van der Waals surface area contributed by atoms with Crippen molar-refractivity contribution in [1.82, 2.24) is 10.6 Å². The standard InChI is InChI=1S/C12H18N2O2/c1-3-13-8-9-14-12(15)10-6-4-5-7-11(10)16-2/h4-7,13H,3,8-9H2,1-2H3,(H,14,15). The zero-order chi connectivity index (χ0) is 11.8. The van der Waals surface area contributed by atoms with Gasteiger partial charge in [0.1, 0.15) is 5.75 Å². The van der Waals surface area contributed by atoms with Crippen molar-refractivity contribution >= 4 is 5.91 Å². The van der Waals surface area contributed by atoms with Gasteiger partial charge in [0.05, 0.1) is 12.7 Å². The molecule has 0 aromatic heterocycles. The Balaban J connectivity index is 2.52. The van der Waals surface area contributed by atoms with E-state index in [9.17, 15) is 4.79 Å². The van der Waals surface area contributed by atoms with Gasteiger partial charge in [-0.05, 0) is 18.7 Å². The van der Waals surface area contributed by atoms with E-state index in [1.807, 2.05) is 19.1 Å². The molecule has 2 N–H and O–H groups in total. The minimum atomic E-state index is -0.102. The maximum atomic E-state index is 11.8. The zero-order valence-corrected chi connectivity index (χ0v) is 9.75. The number of methoxy groups -OCH3 is 1. The maximum absolute atomic E-state index is 11.8. The first-order valence-electron chi connectivity index (χ1n) is 5.41. The molecule has 1 aromatic carbocycles. The number of hydrogen-bond acceptors (Lipinski definition) is 3. The molecule has 4 heteroatoms. The normalized spacial score (nSPS) is 9.88. The summed E-state index contributed by atoms with van der Waals surface area (Å²) in [5, 5.41) is 5.96. The van der Waals surface area contributed by atoms with Crippen molar-refractivity contribution in [3.8, 4) is 5.75 Å². The lowest BCUT2D eigenvalue weighted by Gasteiger charge is -2.08. The van der Waals surface area contributed by atoms with Crippen molar-refractivity contribution in [1.29, 1.82) is 0 Å². The summed E-state index contributed by atoms with van der Waals surface area (Å²) in [6.45, 7) is 4.33. The van der Waals surface area contributed by atoms with Crippen molar-refractivity contribution in [2.45, 2.75) is 6.92 Å². The quantitative estimate of drug-likeness (QED) is 0.707. The highest BCUT2D eigenvalue weighted by atomic mass is 16.5. The molecule has 0 heterocycles. The molecule has 0 saturated carbocycles. The number of carbonyl (C=O) groups excluding carboxylic acids is 1. The van der Waals surface area contributed by atoms with E-state index in [0.29, 0.717) is 17.9 Å². The monoisotopic (exact) mass is 222 g/mol. The summed E-state index contributed by atoms with van der Waals surface area (Å²) in [4.78, 5) is 11.8. The van der Waals surface area contributed by atoms with Crippen molar-refractivity contribution in [3.63, 3.8) is 0 Å². The average Bonchev–Trinajstić information content (AvgIpc) is 2.34. The van der Waals surface area contributed by atoms with Crippen LogP contribution in [-0.2, 0) is 0 Å². The second kappa shape index (κ2) is 6.85. The lowest BCUT2D eigenvalue weighted by atomic mass is 10.2. The summed E-state index contributed by atoms with van der Waals surface area (Å²) in [5.41, 5.74) is 0.571. The molecule has 1 aromatic rings. The van der Waals surface area contributed by atoms with Crippen LogP contribution in [-0.4, -0.2) is 32.7 Å². The van der Waals surface area contributed by atoms with Gasteiger partial charge in [-0.15, -0.1) is 0 Å². The van der Waals surface area contributed by atoms with E-state index in [0.717, 1.165) is 13.1 Å². The lowest BCUT2D eigenvalue weighted by Crippen LogP contribution is -2.31. The number of hydrogen-bond donors (Lipinski definition) is 2. The molecule has 0 spiro atoms. The number of rotatable bonds is 6. The zero-order valence-electron chi connectivity index (χ0n) is 9.75. The van der Waals surface area contributed by atoms with Crippen LogP contribution in [0.25, 0.3) is 0 Å². The van der Waals surface area contributed by atoms with Crippen LogP contribution in [0.2, 0.25) is 0 Å². The molecule has 0 bridgehead atoms. The van der Waals surface area contributed by atoms with Gasteiger partial charge in [-0.25, -0.2) is 0 Å². The van der Waals surface area contributed by atoms with Gasteiger partial charge in [-0.2, -0.15) is 0 Å². The van der Waals surface area contributed by atoms with E-state index in [-0.39, 0.29) is 5.91 Å². The summed E-state index contributed by atoms with van der Waals surface area (Å²) in [7, 11) is 1.56. The Labute approximate surface area is 96.0 Å². The molecule has 0 unspecified atom stereocenters. The molecular formula is C12H18N2O2. The first kappa shape index (κ1) is 12.5. The molecule has 0 fully saturated rings. The van der Waals surface area contributed by atoms with Crippen LogP contribution >= 0.6 is 0 Å². The van der Waals surface area contributed by atoms with E-state index in [1.165, 1.54) is 0 Å². The van der Waals surface area contributed by atoms with Crippen LogP contribution in [0.1, 0.15) is 17.3 Å². The van der Waals surface area contributed by atoms with Crippen molar-refractivity contribution < 1.29 is 9.53 Å². The van der Waals surface area contributed by atoms with E-state index < -0.39 is 0 Å². The summed E-state index contributed by atoms with van der Waals surface area (Å²) >= 11 is 0. The van der Waals surface area contributed by atoms with Gasteiger partial charge in [0.15, 0.2) is 0 Å². The SMILES string of the molecule is CCNCCNC(=O)c1ccccc1OC. The summed E-state index contributed by atoms with van der Waals surface area (Å²) in [5.74, 6) is 0.499. The highest BCUT2D eigenvalue weighted by molar-refractivity contribution is 5.96. The topological polar surface area (TPSA) is 50.4 Å². The van der Waals surface area contributed by atoms with Gasteiger partial charge >= 0.3 is 0 Å². The fraction of sp³-hybridized carbons (Fsp3) is 0.417. The number of para-hydroxylation sites is 1. The van der Waals surface area contributed by atoms with Crippen molar-refractivity contribution in [3.05, 3.63) is 29.8 Å². The number of likely N-dealkylation sites (N-methyl/N-ethyl adjacent to an activating group) is 1. The first-order valence-corrected chi connectivity index (χ1v) is 5.41. The molecule has 0 atom stereocenters. The predicted molar refractivity (Wildman–Crippen MR) is 63.9 cm³/mol. The summed E-state index contributed by atoms with van der Waals surface area (Å²) in [6.07, 6.45) is 0. The Hall–Kier alpha value is -1.55. The molecule has 0 radical (unpaired) electrons. The molecule has 16 heavy (non-hydrogen) atoms. The minimum absolute atomic E-state index is 0.102. The third-order valence-electron chi connectivity index (χ3n) is 2.19. The molecule has 88 valence electrons. The molecule has 4 nitrogen and oxygen atoms in total. The highest BCUT2D eigenvalue weighted by Gasteiger charge is 2.09. The van der Waals surface area contributed by atoms with Gasteiger partial charge in [0.25, 0.3) is 5.91 Å². The van der Waals surface area contributed by atoms with Crippen LogP contribution in [0, 0.1) is 0 Å². The second-order valence-corrected chi connectivity index (χ2v) is 3.31. The number of ether oxygens (including phenoxy) is 1. The summed E-state index contributed by atoms with van der Waals surface area (Å²) in [6, 6.07) is 7.19. The van der Waals surface area contributed by atoms with E-state index in [4.69, 9.17) is 4.74 Å². The van der Waals surface area contributed by atoms with E-state index in [1.54, 1.807) is 19.2 Å². The van der Waals surface area contributed by atoms with Crippen LogP contribution in [0.4, 0.5) is 0 Å². The Bertz CT molecular complexity index is 340. The molecule has 0 aliphatic rings. The van der Waals surface area contributed by atoms with E-state index in [2.05, 4.69) is 10.6 Å². The number of benzene rings is 1. The van der Waals surface area contributed by atoms with Gasteiger partial charge in [0, 0.05) is 13.1 Å². The fourth-order valence-electron chi connectivity index (χ4n) is 1.37. The minimum Gasteiger partial charge on any atom is -0.496 e. The van der Waals surface area contributed by atoms with Crippen molar-refractivity contribution in [2.75, 3.05) is 26.7 Å². The number of carbonyl (C=O) groups is 1. The Morgan fingerprint density at radius 1 is 1.31 bits per heavy atom. The molecule has 0 aliphatic carbocycles. The Morgan fingerprint density at radius 3 is 2.75 bits per heavy atom. The van der Waals surface area contributed by atoms with Crippen LogP contribution < -0.4 is 15.4 Å². The predicted octanol–water partition coefficient (Wildman–Crippen LogP) is 1.03. The van der Waals surface area contributed by atoms with E-state index >= 15 is 0 Å². The van der Waals surface area contributed by atoms with Gasteiger partial charge in [-0.1, -0.05) is 19.1 Å². The molecule has 1 rings (SSSR count). The Morgan fingerprint density at radius 2 is 2.06 bits per heavy atom.